The first-order valence-corrected chi connectivity index (χ1v) is 10.0. The predicted molar refractivity (Wildman–Crippen MR) is 105 cm³/mol. The van der Waals surface area contributed by atoms with Gasteiger partial charge < -0.3 is 9.15 Å². The van der Waals surface area contributed by atoms with Gasteiger partial charge in [0.15, 0.2) is 5.76 Å². The van der Waals surface area contributed by atoms with Crippen LogP contribution < -0.4 is 4.74 Å². The third-order valence-corrected chi connectivity index (χ3v) is 6.35. The van der Waals surface area contributed by atoms with Gasteiger partial charge in [0.05, 0.1) is 12.0 Å². The summed E-state index contributed by atoms with van der Waals surface area (Å²) in [5, 5.41) is 0.895. The van der Waals surface area contributed by atoms with E-state index in [1.165, 1.54) is 19.2 Å². The average Bonchev–Trinajstić information content (AvgIpc) is 3.08. The van der Waals surface area contributed by atoms with Gasteiger partial charge in [0, 0.05) is 16.0 Å². The van der Waals surface area contributed by atoms with Crippen LogP contribution in [0.25, 0.3) is 22.3 Å². The molecule has 4 aromatic rings. The molecule has 0 aliphatic heterocycles. The van der Waals surface area contributed by atoms with Crippen LogP contribution in [0.2, 0.25) is 5.02 Å². The van der Waals surface area contributed by atoms with Crippen molar-refractivity contribution in [3.8, 4) is 17.1 Å². The zero-order valence-corrected chi connectivity index (χ0v) is 15.9. The van der Waals surface area contributed by atoms with Crippen LogP contribution >= 0.6 is 11.6 Å². The van der Waals surface area contributed by atoms with Crippen LogP contribution in [0.4, 0.5) is 0 Å². The van der Waals surface area contributed by atoms with Gasteiger partial charge in [-0.3, -0.25) is 0 Å². The van der Waals surface area contributed by atoms with E-state index in [1.54, 1.807) is 30.3 Å². The lowest BCUT2D eigenvalue weighted by Crippen LogP contribution is -2.03. The molecule has 0 aliphatic rings. The monoisotopic (exact) mass is 398 g/mol. The van der Waals surface area contributed by atoms with Crippen molar-refractivity contribution in [1.29, 1.82) is 0 Å². The highest BCUT2D eigenvalue weighted by atomic mass is 35.5. The van der Waals surface area contributed by atoms with Crippen molar-refractivity contribution in [1.82, 2.24) is 0 Å². The van der Waals surface area contributed by atoms with E-state index in [-0.39, 0.29) is 9.79 Å². The summed E-state index contributed by atoms with van der Waals surface area (Å²) in [7, 11) is -2.32. The number of rotatable bonds is 4. The Morgan fingerprint density at radius 1 is 0.926 bits per heavy atom. The standard InChI is InChI=1S/C21H15ClO4S/c1-25-16-8-10-17(11-9-16)27(23,24)21-18-13-15(22)7-12-19(18)26-20(21)14-5-3-2-4-6-14/h2-13H,1H3. The number of methoxy groups -OCH3 is 1. The molecule has 4 rings (SSSR count). The van der Waals surface area contributed by atoms with Gasteiger partial charge >= 0.3 is 0 Å². The molecule has 0 N–H and O–H groups in total. The second-order valence-corrected chi connectivity index (χ2v) is 8.27. The zero-order valence-electron chi connectivity index (χ0n) is 14.3. The number of furan rings is 1. The molecule has 0 atom stereocenters. The molecule has 3 aromatic carbocycles. The summed E-state index contributed by atoms with van der Waals surface area (Å²) < 4.78 is 38.0. The molecule has 0 unspecified atom stereocenters. The smallest absolute Gasteiger partial charge is 0.211 e. The fourth-order valence-electron chi connectivity index (χ4n) is 2.97. The minimum absolute atomic E-state index is 0.108. The van der Waals surface area contributed by atoms with Crippen LogP contribution in [0, 0.1) is 0 Å². The van der Waals surface area contributed by atoms with Gasteiger partial charge in [-0.15, -0.1) is 0 Å². The Hall–Kier alpha value is -2.76. The minimum Gasteiger partial charge on any atom is -0.497 e. The number of hydrogen-bond donors (Lipinski definition) is 0. The fraction of sp³-hybridized carbons (Fsp3) is 0.0476. The number of benzene rings is 3. The molecule has 6 heteroatoms. The Kier molecular flexibility index (Phi) is 4.42. The molecule has 4 nitrogen and oxygen atoms in total. The van der Waals surface area contributed by atoms with Crippen LogP contribution in [-0.4, -0.2) is 15.5 Å². The van der Waals surface area contributed by atoms with Crippen molar-refractivity contribution in [3.63, 3.8) is 0 Å². The summed E-state index contributed by atoms with van der Waals surface area (Å²) in [6.45, 7) is 0. The highest BCUT2D eigenvalue weighted by molar-refractivity contribution is 7.91. The molecule has 0 spiro atoms. The number of halogens is 1. The molecular formula is C21H15ClO4S. The van der Waals surface area contributed by atoms with Gasteiger partial charge in [-0.25, -0.2) is 8.42 Å². The van der Waals surface area contributed by atoms with Gasteiger partial charge in [0.25, 0.3) is 0 Å². The first kappa shape index (κ1) is 17.6. The topological polar surface area (TPSA) is 56.5 Å². The second-order valence-electron chi connectivity index (χ2n) is 5.95. The summed E-state index contributed by atoms with van der Waals surface area (Å²) in [4.78, 5) is 0.263. The van der Waals surface area contributed by atoms with E-state index in [0.29, 0.717) is 33.1 Å². The van der Waals surface area contributed by atoms with Crippen LogP contribution in [0.5, 0.6) is 5.75 Å². The van der Waals surface area contributed by atoms with Crippen LogP contribution in [0.3, 0.4) is 0 Å². The molecule has 0 radical (unpaired) electrons. The molecule has 136 valence electrons. The Morgan fingerprint density at radius 2 is 1.63 bits per heavy atom. The van der Waals surface area contributed by atoms with Gasteiger partial charge in [0.2, 0.25) is 9.84 Å². The molecule has 0 bridgehead atoms. The van der Waals surface area contributed by atoms with Gasteiger partial charge in [-0.1, -0.05) is 41.9 Å². The van der Waals surface area contributed by atoms with Crippen LogP contribution in [0.15, 0.2) is 87.0 Å². The van der Waals surface area contributed by atoms with Crippen molar-refractivity contribution in [3.05, 3.63) is 77.8 Å². The van der Waals surface area contributed by atoms with E-state index in [4.69, 9.17) is 20.8 Å². The minimum atomic E-state index is -3.85. The normalized spacial score (nSPS) is 11.6. The number of hydrogen-bond acceptors (Lipinski definition) is 4. The Balaban J connectivity index is 2.02. The molecule has 0 saturated carbocycles. The van der Waals surface area contributed by atoms with E-state index in [2.05, 4.69) is 0 Å². The molecular weight excluding hydrogens is 384 g/mol. The summed E-state index contributed by atoms with van der Waals surface area (Å²) in [6, 6.07) is 20.4. The first-order chi connectivity index (χ1) is 13.0. The lowest BCUT2D eigenvalue weighted by atomic mass is 10.1. The summed E-state index contributed by atoms with van der Waals surface area (Å²) in [5.74, 6) is 0.876. The second kappa shape index (κ2) is 6.76. The molecule has 0 fully saturated rings. The van der Waals surface area contributed by atoms with Crippen molar-refractivity contribution >= 4 is 32.4 Å². The van der Waals surface area contributed by atoms with E-state index in [0.717, 1.165) is 0 Å². The van der Waals surface area contributed by atoms with Crippen molar-refractivity contribution in [2.45, 2.75) is 9.79 Å². The third-order valence-electron chi connectivity index (χ3n) is 4.28. The molecule has 0 saturated heterocycles. The Morgan fingerprint density at radius 3 is 2.30 bits per heavy atom. The number of ether oxygens (including phenoxy) is 1. The molecule has 27 heavy (non-hydrogen) atoms. The number of sulfone groups is 1. The Labute approximate surface area is 161 Å². The van der Waals surface area contributed by atoms with Crippen molar-refractivity contribution < 1.29 is 17.6 Å². The number of fused-ring (bicyclic) bond motifs is 1. The van der Waals surface area contributed by atoms with Gasteiger partial charge in [-0.2, -0.15) is 0 Å². The Bertz CT molecular complexity index is 1210. The summed E-state index contributed by atoms with van der Waals surface area (Å²) in [5.41, 5.74) is 1.14. The average molecular weight is 399 g/mol. The third kappa shape index (κ3) is 3.09. The SMILES string of the molecule is COc1ccc(S(=O)(=O)c2c(-c3ccccc3)oc3ccc(Cl)cc23)cc1. The fourth-order valence-corrected chi connectivity index (χ4v) is 4.72. The quantitative estimate of drug-likeness (QED) is 0.449. The van der Waals surface area contributed by atoms with Gasteiger partial charge in [-0.05, 0) is 42.5 Å². The summed E-state index contributed by atoms with van der Waals surface area (Å²) >= 11 is 6.13. The lowest BCUT2D eigenvalue weighted by Gasteiger charge is -2.07. The van der Waals surface area contributed by atoms with Crippen LogP contribution in [0.1, 0.15) is 0 Å². The van der Waals surface area contributed by atoms with E-state index in [1.807, 2.05) is 30.3 Å². The van der Waals surface area contributed by atoms with E-state index in [9.17, 15) is 8.42 Å². The largest absolute Gasteiger partial charge is 0.497 e. The maximum absolute atomic E-state index is 13.5. The molecule has 1 aromatic heterocycles. The summed E-state index contributed by atoms with van der Waals surface area (Å²) in [6.07, 6.45) is 0. The van der Waals surface area contributed by atoms with Crippen molar-refractivity contribution in [2.24, 2.45) is 0 Å². The van der Waals surface area contributed by atoms with E-state index >= 15 is 0 Å². The highest BCUT2D eigenvalue weighted by Gasteiger charge is 2.29. The van der Waals surface area contributed by atoms with Crippen LogP contribution in [-0.2, 0) is 9.84 Å². The first-order valence-electron chi connectivity index (χ1n) is 8.17. The maximum atomic E-state index is 13.5. The van der Waals surface area contributed by atoms with Crippen molar-refractivity contribution in [2.75, 3.05) is 7.11 Å². The highest BCUT2D eigenvalue weighted by Crippen LogP contribution is 2.40. The van der Waals surface area contributed by atoms with E-state index < -0.39 is 9.84 Å². The zero-order chi connectivity index (χ0) is 19.0. The lowest BCUT2D eigenvalue weighted by molar-refractivity contribution is 0.414. The molecule has 0 aliphatic carbocycles. The maximum Gasteiger partial charge on any atom is 0.211 e. The molecule has 0 amide bonds. The van der Waals surface area contributed by atoms with Gasteiger partial charge in [0.1, 0.15) is 16.2 Å². The molecule has 1 heterocycles. The predicted octanol–water partition coefficient (Wildman–Crippen LogP) is 5.59.